The minimum atomic E-state index is -3.84. The highest BCUT2D eigenvalue weighted by molar-refractivity contribution is 7.92. The highest BCUT2D eigenvalue weighted by Gasteiger charge is 2.21. The van der Waals surface area contributed by atoms with Crippen molar-refractivity contribution in [2.75, 3.05) is 51.7 Å². The number of hydrogen-bond donors (Lipinski definition) is 1. The van der Waals surface area contributed by atoms with Gasteiger partial charge in [-0.3, -0.25) is 9.52 Å². The summed E-state index contributed by atoms with van der Waals surface area (Å²) >= 11 is 6.20. The first-order chi connectivity index (χ1) is 14.3. The number of carbonyl (C=O) groups is 1. The van der Waals surface area contributed by atoms with Gasteiger partial charge < -0.3 is 19.3 Å². The molecule has 1 amide bonds. The highest BCUT2D eigenvalue weighted by atomic mass is 35.5. The lowest BCUT2D eigenvalue weighted by Crippen LogP contribution is -2.48. The number of hydrogen-bond acceptors (Lipinski definition) is 6. The van der Waals surface area contributed by atoms with E-state index in [0.29, 0.717) is 24.5 Å². The van der Waals surface area contributed by atoms with E-state index in [1.165, 1.54) is 25.3 Å². The van der Waals surface area contributed by atoms with Crippen LogP contribution in [0.1, 0.15) is 0 Å². The van der Waals surface area contributed by atoms with Gasteiger partial charge in [0.05, 0.1) is 17.0 Å². The maximum Gasteiger partial charge on any atom is 0.261 e. The standard InChI is InChI=1S/C20H24ClN3O5S/c1-23-9-11-24(12-10-23)20(25)14-29-19-8-7-17(13-18(19)21)30(26,27)22-15-3-5-16(28-2)6-4-15/h3-8,13,22H,9-12,14H2,1-2H3. The van der Waals surface area contributed by atoms with E-state index in [1.807, 2.05) is 7.05 Å². The Kier molecular flexibility index (Phi) is 7.06. The monoisotopic (exact) mass is 453 g/mol. The van der Waals surface area contributed by atoms with Gasteiger partial charge in [-0.05, 0) is 49.5 Å². The third kappa shape index (κ3) is 5.56. The van der Waals surface area contributed by atoms with E-state index in [1.54, 1.807) is 29.2 Å². The topological polar surface area (TPSA) is 88.2 Å². The molecule has 0 aliphatic carbocycles. The molecule has 0 aromatic heterocycles. The number of carbonyl (C=O) groups excluding carboxylic acids is 1. The van der Waals surface area contributed by atoms with E-state index in [-0.39, 0.29) is 28.2 Å². The molecular formula is C20H24ClN3O5S. The van der Waals surface area contributed by atoms with Crippen LogP contribution in [0.3, 0.4) is 0 Å². The smallest absolute Gasteiger partial charge is 0.261 e. The zero-order valence-corrected chi connectivity index (χ0v) is 18.4. The Hall–Kier alpha value is -2.49. The second-order valence-corrected chi connectivity index (χ2v) is 8.99. The van der Waals surface area contributed by atoms with Crippen LogP contribution < -0.4 is 14.2 Å². The first-order valence-electron chi connectivity index (χ1n) is 9.34. The summed E-state index contributed by atoms with van der Waals surface area (Å²) < 4.78 is 38.3. The lowest BCUT2D eigenvalue weighted by molar-refractivity contribution is -0.134. The molecule has 1 aliphatic rings. The SMILES string of the molecule is COc1ccc(NS(=O)(=O)c2ccc(OCC(=O)N3CCN(C)CC3)c(Cl)c2)cc1. The Balaban J connectivity index is 1.62. The van der Waals surface area contributed by atoms with E-state index in [4.69, 9.17) is 21.1 Å². The van der Waals surface area contributed by atoms with Gasteiger partial charge in [0.25, 0.3) is 15.9 Å². The van der Waals surface area contributed by atoms with E-state index < -0.39 is 10.0 Å². The van der Waals surface area contributed by atoms with Gasteiger partial charge in [0.15, 0.2) is 6.61 Å². The summed E-state index contributed by atoms with van der Waals surface area (Å²) in [6.45, 7) is 2.79. The maximum absolute atomic E-state index is 12.6. The van der Waals surface area contributed by atoms with Crippen LogP contribution in [0.15, 0.2) is 47.4 Å². The summed E-state index contributed by atoms with van der Waals surface area (Å²) in [7, 11) is -0.294. The van der Waals surface area contributed by atoms with E-state index in [0.717, 1.165) is 13.1 Å². The number of amides is 1. The van der Waals surface area contributed by atoms with Crippen LogP contribution in [-0.2, 0) is 14.8 Å². The fraction of sp³-hybridized carbons (Fsp3) is 0.350. The van der Waals surface area contributed by atoms with Crippen LogP contribution in [0.25, 0.3) is 0 Å². The number of ether oxygens (including phenoxy) is 2. The van der Waals surface area contributed by atoms with Crippen LogP contribution in [0.4, 0.5) is 5.69 Å². The van der Waals surface area contributed by atoms with Crippen molar-refractivity contribution in [2.24, 2.45) is 0 Å². The second-order valence-electron chi connectivity index (χ2n) is 6.90. The summed E-state index contributed by atoms with van der Waals surface area (Å²) in [4.78, 5) is 16.2. The number of methoxy groups -OCH3 is 1. The molecule has 1 fully saturated rings. The molecule has 1 heterocycles. The molecule has 0 saturated carbocycles. The quantitative estimate of drug-likeness (QED) is 0.692. The third-order valence-electron chi connectivity index (χ3n) is 4.76. The van der Waals surface area contributed by atoms with Gasteiger partial charge in [0, 0.05) is 31.9 Å². The summed E-state index contributed by atoms with van der Waals surface area (Å²) in [6.07, 6.45) is 0. The van der Waals surface area contributed by atoms with Crippen molar-refractivity contribution in [3.8, 4) is 11.5 Å². The molecular weight excluding hydrogens is 430 g/mol. The Morgan fingerprint density at radius 2 is 1.77 bits per heavy atom. The van der Waals surface area contributed by atoms with Crippen LogP contribution in [-0.4, -0.2) is 71.1 Å². The lowest BCUT2D eigenvalue weighted by Gasteiger charge is -2.32. The van der Waals surface area contributed by atoms with Gasteiger partial charge in [0.2, 0.25) is 0 Å². The average Bonchev–Trinajstić information content (AvgIpc) is 2.73. The second kappa shape index (κ2) is 9.55. The number of nitrogens with one attached hydrogen (secondary N) is 1. The Bertz CT molecular complexity index is 990. The molecule has 30 heavy (non-hydrogen) atoms. The van der Waals surface area contributed by atoms with Crippen molar-refractivity contribution in [3.63, 3.8) is 0 Å². The van der Waals surface area contributed by atoms with Crippen molar-refractivity contribution in [3.05, 3.63) is 47.5 Å². The molecule has 8 nitrogen and oxygen atoms in total. The number of likely N-dealkylation sites (N-methyl/N-ethyl adjacent to an activating group) is 1. The van der Waals surface area contributed by atoms with Crippen molar-refractivity contribution < 1.29 is 22.7 Å². The molecule has 1 aliphatic heterocycles. The lowest BCUT2D eigenvalue weighted by atomic mass is 10.3. The first kappa shape index (κ1) is 22.2. The molecule has 0 bridgehead atoms. The number of halogens is 1. The van der Waals surface area contributed by atoms with Crippen LogP contribution >= 0.6 is 11.6 Å². The Morgan fingerprint density at radius 1 is 1.10 bits per heavy atom. The molecule has 2 aromatic carbocycles. The highest BCUT2D eigenvalue weighted by Crippen LogP contribution is 2.28. The number of piperazine rings is 1. The molecule has 10 heteroatoms. The minimum absolute atomic E-state index is 0.0129. The fourth-order valence-electron chi connectivity index (χ4n) is 2.93. The Morgan fingerprint density at radius 3 is 2.37 bits per heavy atom. The predicted molar refractivity (Wildman–Crippen MR) is 115 cm³/mol. The van der Waals surface area contributed by atoms with E-state index in [2.05, 4.69) is 9.62 Å². The van der Waals surface area contributed by atoms with Gasteiger partial charge >= 0.3 is 0 Å². The molecule has 2 aromatic rings. The summed E-state index contributed by atoms with van der Waals surface area (Å²) in [5.74, 6) is 0.744. The van der Waals surface area contributed by atoms with Gasteiger partial charge in [-0.15, -0.1) is 0 Å². The molecule has 162 valence electrons. The fourth-order valence-corrected chi connectivity index (χ4v) is 4.31. The minimum Gasteiger partial charge on any atom is -0.497 e. The number of rotatable bonds is 7. The molecule has 0 radical (unpaired) electrons. The number of sulfonamides is 1. The van der Waals surface area contributed by atoms with Crippen molar-refractivity contribution in [1.29, 1.82) is 0 Å². The van der Waals surface area contributed by atoms with Crippen molar-refractivity contribution in [1.82, 2.24) is 9.80 Å². The van der Waals surface area contributed by atoms with Crippen LogP contribution in [0.5, 0.6) is 11.5 Å². The number of benzene rings is 2. The summed E-state index contributed by atoms with van der Waals surface area (Å²) in [6, 6.07) is 10.6. The van der Waals surface area contributed by atoms with Crippen LogP contribution in [0, 0.1) is 0 Å². The molecule has 0 spiro atoms. The molecule has 1 N–H and O–H groups in total. The predicted octanol–water partition coefficient (Wildman–Crippen LogP) is 2.30. The molecule has 0 atom stereocenters. The molecule has 3 rings (SSSR count). The zero-order valence-electron chi connectivity index (χ0n) is 16.8. The third-order valence-corrected chi connectivity index (χ3v) is 6.44. The summed E-state index contributed by atoms with van der Waals surface area (Å²) in [5.41, 5.74) is 0.394. The Labute approximate surface area is 181 Å². The van der Waals surface area contributed by atoms with Crippen LogP contribution in [0.2, 0.25) is 5.02 Å². The van der Waals surface area contributed by atoms with Gasteiger partial charge in [-0.25, -0.2) is 8.42 Å². The largest absolute Gasteiger partial charge is 0.497 e. The van der Waals surface area contributed by atoms with E-state index >= 15 is 0 Å². The molecule has 0 unspecified atom stereocenters. The van der Waals surface area contributed by atoms with Gasteiger partial charge in [0.1, 0.15) is 11.5 Å². The zero-order chi connectivity index (χ0) is 21.7. The van der Waals surface area contributed by atoms with E-state index in [9.17, 15) is 13.2 Å². The average molecular weight is 454 g/mol. The number of anilines is 1. The van der Waals surface area contributed by atoms with Gasteiger partial charge in [-0.2, -0.15) is 0 Å². The maximum atomic E-state index is 12.6. The summed E-state index contributed by atoms with van der Waals surface area (Å²) in [5, 5.41) is 0.110. The first-order valence-corrected chi connectivity index (χ1v) is 11.2. The van der Waals surface area contributed by atoms with Gasteiger partial charge in [-0.1, -0.05) is 11.6 Å². The number of nitrogens with zero attached hydrogens (tertiary/aromatic N) is 2. The normalized spacial score (nSPS) is 15.0. The van der Waals surface area contributed by atoms with Crippen molar-refractivity contribution in [2.45, 2.75) is 4.90 Å². The van der Waals surface area contributed by atoms with Crippen molar-refractivity contribution >= 4 is 33.2 Å². The molecule has 1 saturated heterocycles.